The Morgan fingerprint density at radius 3 is 3.07 bits per heavy atom. The van der Waals surface area contributed by atoms with Crippen molar-refractivity contribution in [2.24, 2.45) is 0 Å². The van der Waals surface area contributed by atoms with Crippen LogP contribution in [-0.4, -0.2) is 31.2 Å². The number of nitrogens with one attached hydrogen (secondary N) is 1. The van der Waals surface area contributed by atoms with E-state index in [9.17, 15) is 9.18 Å². The fourth-order valence-corrected chi connectivity index (χ4v) is 1.08. The first-order valence-corrected chi connectivity index (χ1v) is 4.62. The first-order chi connectivity index (χ1) is 7.15. The Hall–Kier alpha value is -1.20. The number of carbonyl (C=O) groups excluding carboxylic acids is 1. The Morgan fingerprint density at radius 2 is 2.40 bits per heavy atom. The number of aromatic nitrogens is 1. The minimum atomic E-state index is -0.700. The topological polar surface area (TPSA) is 51.2 Å². The Balaban J connectivity index is 2.68. The summed E-state index contributed by atoms with van der Waals surface area (Å²) < 4.78 is 17.8. The summed E-state index contributed by atoms with van der Waals surface area (Å²) in [6.45, 7) is 0.650. The molecule has 1 N–H and O–H groups in total. The molecule has 1 aromatic rings. The number of amides is 1. The molecule has 4 nitrogen and oxygen atoms in total. The molecule has 0 saturated carbocycles. The Morgan fingerprint density at radius 1 is 1.67 bits per heavy atom. The number of carbonyl (C=O) groups is 1. The van der Waals surface area contributed by atoms with E-state index in [1.165, 1.54) is 13.2 Å². The minimum Gasteiger partial charge on any atom is -0.383 e. The van der Waals surface area contributed by atoms with Gasteiger partial charge in [0.05, 0.1) is 6.61 Å². The van der Waals surface area contributed by atoms with Crippen molar-refractivity contribution >= 4 is 17.5 Å². The van der Waals surface area contributed by atoms with Crippen molar-refractivity contribution < 1.29 is 13.9 Å². The van der Waals surface area contributed by atoms with E-state index < -0.39 is 11.7 Å². The van der Waals surface area contributed by atoms with Crippen molar-refractivity contribution in [3.05, 3.63) is 28.8 Å². The summed E-state index contributed by atoms with van der Waals surface area (Å²) in [6, 6.07) is 2.38. The van der Waals surface area contributed by atoms with Crippen LogP contribution in [0.3, 0.4) is 0 Å². The lowest BCUT2D eigenvalue weighted by molar-refractivity contribution is 0.0927. The van der Waals surface area contributed by atoms with Crippen LogP contribution >= 0.6 is 11.6 Å². The monoisotopic (exact) mass is 232 g/mol. The summed E-state index contributed by atoms with van der Waals surface area (Å²) in [5, 5.41) is 2.52. The summed E-state index contributed by atoms with van der Waals surface area (Å²) in [5.74, 6) is -1.30. The number of hydrogen-bond acceptors (Lipinski definition) is 3. The molecule has 0 fully saturated rings. The van der Waals surface area contributed by atoms with Crippen LogP contribution in [0, 0.1) is 5.82 Å². The third-order valence-corrected chi connectivity index (χ3v) is 1.83. The highest BCUT2D eigenvalue weighted by molar-refractivity contribution is 6.29. The highest BCUT2D eigenvalue weighted by Crippen LogP contribution is 2.09. The van der Waals surface area contributed by atoms with E-state index in [1.807, 2.05) is 0 Å². The van der Waals surface area contributed by atoms with E-state index in [0.29, 0.717) is 13.2 Å². The summed E-state index contributed by atoms with van der Waals surface area (Å²) >= 11 is 5.54. The van der Waals surface area contributed by atoms with Crippen LogP contribution in [-0.2, 0) is 4.74 Å². The fourth-order valence-electron chi connectivity index (χ4n) is 0.928. The molecule has 1 amide bonds. The van der Waals surface area contributed by atoms with Gasteiger partial charge < -0.3 is 10.1 Å². The van der Waals surface area contributed by atoms with Gasteiger partial charge in [-0.15, -0.1) is 0 Å². The molecule has 0 spiro atoms. The molecule has 1 rings (SSSR count). The lowest BCUT2D eigenvalue weighted by Gasteiger charge is -2.04. The molecule has 1 aromatic heterocycles. The molecule has 0 aromatic carbocycles. The largest absolute Gasteiger partial charge is 0.383 e. The highest BCUT2D eigenvalue weighted by Gasteiger charge is 2.13. The zero-order valence-electron chi connectivity index (χ0n) is 8.09. The van der Waals surface area contributed by atoms with Gasteiger partial charge in [-0.05, 0) is 12.1 Å². The van der Waals surface area contributed by atoms with Gasteiger partial charge in [0.2, 0.25) is 0 Å². The minimum absolute atomic E-state index is 0.0771. The van der Waals surface area contributed by atoms with E-state index in [2.05, 4.69) is 10.3 Å². The SMILES string of the molecule is COCCNC(=O)c1nc(Cl)ccc1F. The smallest absolute Gasteiger partial charge is 0.273 e. The quantitative estimate of drug-likeness (QED) is 0.628. The van der Waals surface area contributed by atoms with Crippen molar-refractivity contribution in [1.82, 2.24) is 10.3 Å². The zero-order valence-corrected chi connectivity index (χ0v) is 8.84. The second kappa shape index (κ2) is 5.63. The van der Waals surface area contributed by atoms with Crippen LogP contribution in [0.15, 0.2) is 12.1 Å². The average Bonchev–Trinajstić information content (AvgIpc) is 2.22. The lowest BCUT2D eigenvalue weighted by Crippen LogP contribution is -2.28. The normalized spacial score (nSPS) is 10.1. The van der Waals surface area contributed by atoms with Gasteiger partial charge in [0.15, 0.2) is 11.5 Å². The highest BCUT2D eigenvalue weighted by atomic mass is 35.5. The van der Waals surface area contributed by atoms with Gasteiger partial charge in [0, 0.05) is 13.7 Å². The maximum absolute atomic E-state index is 13.1. The predicted molar refractivity (Wildman–Crippen MR) is 53.4 cm³/mol. The summed E-state index contributed by atoms with van der Waals surface area (Å²) in [5.41, 5.74) is -0.307. The van der Waals surface area contributed by atoms with Crippen molar-refractivity contribution in [1.29, 1.82) is 0 Å². The van der Waals surface area contributed by atoms with Crippen LogP contribution < -0.4 is 5.32 Å². The van der Waals surface area contributed by atoms with E-state index in [-0.39, 0.29) is 10.8 Å². The van der Waals surface area contributed by atoms with Crippen LogP contribution in [0.1, 0.15) is 10.5 Å². The number of nitrogens with zero attached hydrogens (tertiary/aromatic N) is 1. The van der Waals surface area contributed by atoms with Crippen molar-refractivity contribution in [2.45, 2.75) is 0 Å². The summed E-state index contributed by atoms with van der Waals surface area (Å²) in [4.78, 5) is 15.0. The molecule has 0 saturated heterocycles. The molecule has 15 heavy (non-hydrogen) atoms. The second-order valence-electron chi connectivity index (χ2n) is 2.71. The van der Waals surface area contributed by atoms with Crippen molar-refractivity contribution in [2.75, 3.05) is 20.3 Å². The van der Waals surface area contributed by atoms with Crippen LogP contribution in [0.4, 0.5) is 4.39 Å². The van der Waals surface area contributed by atoms with Crippen LogP contribution in [0.5, 0.6) is 0 Å². The Labute approximate surface area is 91.4 Å². The molecular formula is C9H10ClFN2O2. The first-order valence-electron chi connectivity index (χ1n) is 4.24. The third kappa shape index (κ3) is 3.45. The van der Waals surface area contributed by atoms with Gasteiger partial charge in [-0.3, -0.25) is 4.79 Å². The number of pyridine rings is 1. The van der Waals surface area contributed by atoms with Gasteiger partial charge >= 0.3 is 0 Å². The fraction of sp³-hybridized carbons (Fsp3) is 0.333. The van der Waals surface area contributed by atoms with E-state index in [1.54, 1.807) is 0 Å². The summed E-state index contributed by atoms with van der Waals surface area (Å²) in [6.07, 6.45) is 0. The van der Waals surface area contributed by atoms with Gasteiger partial charge in [-0.25, -0.2) is 9.37 Å². The number of ether oxygens (including phenoxy) is 1. The van der Waals surface area contributed by atoms with E-state index in [4.69, 9.17) is 16.3 Å². The zero-order chi connectivity index (χ0) is 11.3. The molecule has 0 bridgehead atoms. The third-order valence-electron chi connectivity index (χ3n) is 1.62. The molecule has 1 heterocycles. The van der Waals surface area contributed by atoms with E-state index in [0.717, 1.165) is 6.07 Å². The van der Waals surface area contributed by atoms with E-state index >= 15 is 0 Å². The molecule has 0 unspecified atom stereocenters. The first kappa shape index (κ1) is 11.9. The van der Waals surface area contributed by atoms with Crippen molar-refractivity contribution in [3.63, 3.8) is 0 Å². The molecule has 82 valence electrons. The average molecular weight is 233 g/mol. The lowest BCUT2D eigenvalue weighted by atomic mass is 10.3. The van der Waals surface area contributed by atoms with Crippen LogP contribution in [0.2, 0.25) is 5.15 Å². The van der Waals surface area contributed by atoms with Crippen molar-refractivity contribution in [3.8, 4) is 0 Å². The van der Waals surface area contributed by atoms with Crippen LogP contribution in [0.25, 0.3) is 0 Å². The maximum atomic E-state index is 13.1. The number of rotatable bonds is 4. The molecule has 0 radical (unpaired) electrons. The van der Waals surface area contributed by atoms with Gasteiger partial charge in [-0.2, -0.15) is 0 Å². The molecule has 0 aliphatic rings. The Bertz CT molecular complexity index is 360. The predicted octanol–water partition coefficient (Wildman–Crippen LogP) is 1.25. The molecule has 0 aliphatic carbocycles. The number of methoxy groups -OCH3 is 1. The molecule has 0 atom stereocenters. The van der Waals surface area contributed by atoms with Gasteiger partial charge in [0.25, 0.3) is 5.91 Å². The van der Waals surface area contributed by atoms with Gasteiger partial charge in [0.1, 0.15) is 5.15 Å². The summed E-state index contributed by atoms with van der Waals surface area (Å²) in [7, 11) is 1.50. The standard InChI is InChI=1S/C9H10ClFN2O2/c1-15-5-4-12-9(14)8-6(11)2-3-7(10)13-8/h2-3H,4-5H2,1H3,(H,12,14). The Kier molecular flexibility index (Phi) is 4.45. The maximum Gasteiger partial charge on any atom is 0.273 e. The molecule has 0 aliphatic heterocycles. The molecule has 6 heteroatoms. The number of halogens is 2. The molecular weight excluding hydrogens is 223 g/mol. The number of hydrogen-bond donors (Lipinski definition) is 1. The van der Waals surface area contributed by atoms with Gasteiger partial charge in [-0.1, -0.05) is 11.6 Å². The second-order valence-corrected chi connectivity index (χ2v) is 3.10.